The van der Waals surface area contributed by atoms with Gasteiger partial charge in [-0.15, -0.1) is 0 Å². The standard InChI is InChI=1S/C50H33NO/c1-3-12-35(13-4-1)45-20-10-22-47-48-23-11-21-46(50(48)52-49(45)47)38-16-9-15-37(32-38)34-26-28-41(29-27-34)51(40-17-5-2-6-18-40)42-30-31-44-39(33-42)25-24-36-14-7-8-19-43(36)44/h1-33H. The average Bonchev–Trinajstić information content (AvgIpc) is 3.61. The molecular weight excluding hydrogens is 631 g/mol. The van der Waals surface area contributed by atoms with Crippen molar-refractivity contribution < 1.29 is 4.42 Å². The maximum atomic E-state index is 6.74. The highest BCUT2D eigenvalue weighted by Crippen LogP contribution is 2.41. The molecule has 0 unspecified atom stereocenters. The van der Waals surface area contributed by atoms with Crippen LogP contribution in [0, 0.1) is 0 Å². The maximum absolute atomic E-state index is 6.74. The average molecular weight is 664 g/mol. The predicted molar refractivity (Wildman–Crippen MR) is 220 cm³/mol. The Kier molecular flexibility index (Phi) is 7.18. The number of fused-ring (bicyclic) bond motifs is 6. The number of benzene rings is 9. The van der Waals surface area contributed by atoms with Crippen LogP contribution in [-0.4, -0.2) is 0 Å². The van der Waals surface area contributed by atoms with Gasteiger partial charge in [0.25, 0.3) is 0 Å². The summed E-state index contributed by atoms with van der Waals surface area (Å²) < 4.78 is 6.74. The van der Waals surface area contributed by atoms with Gasteiger partial charge in [0, 0.05) is 39.0 Å². The van der Waals surface area contributed by atoms with Gasteiger partial charge in [-0.25, -0.2) is 0 Å². The Balaban J connectivity index is 1.03. The SMILES string of the molecule is c1ccc(-c2cccc3c2oc2c(-c4cccc(-c5ccc(N(c6ccccc6)c6ccc7c(ccc8ccccc87)c6)cc5)c4)cccc23)cc1. The fourth-order valence-electron chi connectivity index (χ4n) is 7.73. The minimum atomic E-state index is 0.912. The highest BCUT2D eigenvalue weighted by atomic mass is 16.3. The van der Waals surface area contributed by atoms with E-state index in [0.717, 1.165) is 72.4 Å². The van der Waals surface area contributed by atoms with E-state index in [-0.39, 0.29) is 0 Å². The lowest BCUT2D eigenvalue weighted by Gasteiger charge is -2.26. The number of nitrogens with zero attached hydrogens (tertiary/aromatic N) is 1. The minimum Gasteiger partial charge on any atom is -0.455 e. The fraction of sp³-hybridized carbons (Fsp3) is 0. The third-order valence-electron chi connectivity index (χ3n) is 10.2. The topological polar surface area (TPSA) is 16.4 Å². The summed E-state index contributed by atoms with van der Waals surface area (Å²) in [5.41, 5.74) is 12.0. The predicted octanol–water partition coefficient (Wildman–Crippen LogP) is 14.4. The van der Waals surface area contributed by atoms with Crippen LogP contribution in [-0.2, 0) is 0 Å². The van der Waals surface area contributed by atoms with Crippen LogP contribution in [0.2, 0.25) is 0 Å². The molecule has 0 fully saturated rings. The molecular formula is C50H33NO. The van der Waals surface area contributed by atoms with Crippen LogP contribution in [0.3, 0.4) is 0 Å². The zero-order valence-electron chi connectivity index (χ0n) is 28.4. The summed E-state index contributed by atoms with van der Waals surface area (Å²) >= 11 is 0. The summed E-state index contributed by atoms with van der Waals surface area (Å²) in [6.07, 6.45) is 0. The molecule has 2 nitrogen and oxygen atoms in total. The van der Waals surface area contributed by atoms with Gasteiger partial charge >= 0.3 is 0 Å². The minimum absolute atomic E-state index is 0.912. The van der Waals surface area contributed by atoms with E-state index in [0.29, 0.717) is 0 Å². The molecule has 0 aliphatic heterocycles. The van der Waals surface area contributed by atoms with Crippen molar-refractivity contribution in [2.75, 3.05) is 4.90 Å². The Morgan fingerprint density at radius 1 is 0.288 bits per heavy atom. The van der Waals surface area contributed by atoms with Gasteiger partial charge < -0.3 is 9.32 Å². The zero-order valence-corrected chi connectivity index (χ0v) is 28.4. The van der Waals surface area contributed by atoms with Gasteiger partial charge in [-0.3, -0.25) is 0 Å². The van der Waals surface area contributed by atoms with Crippen molar-refractivity contribution in [3.63, 3.8) is 0 Å². The van der Waals surface area contributed by atoms with Crippen LogP contribution in [0.5, 0.6) is 0 Å². The van der Waals surface area contributed by atoms with Gasteiger partial charge in [0.15, 0.2) is 0 Å². The Hall–Kier alpha value is -6.90. The Labute approximate surface area is 302 Å². The third-order valence-corrected chi connectivity index (χ3v) is 10.2. The molecule has 9 aromatic carbocycles. The lowest BCUT2D eigenvalue weighted by atomic mass is 9.97. The molecule has 0 aliphatic rings. The first-order valence-corrected chi connectivity index (χ1v) is 17.8. The van der Waals surface area contributed by atoms with Gasteiger partial charge in [0.1, 0.15) is 11.2 Å². The molecule has 0 saturated carbocycles. The summed E-state index contributed by atoms with van der Waals surface area (Å²) in [6, 6.07) is 71.5. The van der Waals surface area contributed by atoms with E-state index < -0.39 is 0 Å². The fourth-order valence-corrected chi connectivity index (χ4v) is 7.73. The van der Waals surface area contributed by atoms with Crippen molar-refractivity contribution in [2.24, 2.45) is 0 Å². The van der Waals surface area contributed by atoms with Gasteiger partial charge in [-0.1, -0.05) is 158 Å². The van der Waals surface area contributed by atoms with Gasteiger partial charge in [-0.2, -0.15) is 0 Å². The molecule has 52 heavy (non-hydrogen) atoms. The first kappa shape index (κ1) is 30.0. The molecule has 10 rings (SSSR count). The van der Waals surface area contributed by atoms with Crippen LogP contribution < -0.4 is 4.90 Å². The van der Waals surface area contributed by atoms with Gasteiger partial charge in [-0.05, 0) is 86.3 Å². The van der Waals surface area contributed by atoms with Crippen molar-refractivity contribution in [2.45, 2.75) is 0 Å². The van der Waals surface area contributed by atoms with E-state index >= 15 is 0 Å². The lowest BCUT2D eigenvalue weighted by molar-refractivity contribution is 0.671. The summed E-state index contributed by atoms with van der Waals surface area (Å²) in [5, 5.41) is 7.28. The highest BCUT2D eigenvalue weighted by molar-refractivity contribution is 6.13. The van der Waals surface area contributed by atoms with E-state index in [1.165, 1.54) is 21.5 Å². The van der Waals surface area contributed by atoms with Crippen LogP contribution in [0.25, 0.3) is 76.9 Å². The number of anilines is 3. The summed E-state index contributed by atoms with van der Waals surface area (Å²) in [6.45, 7) is 0. The molecule has 0 N–H and O–H groups in total. The van der Waals surface area contributed by atoms with Gasteiger partial charge in [0.2, 0.25) is 0 Å². The summed E-state index contributed by atoms with van der Waals surface area (Å²) in [5.74, 6) is 0. The second-order valence-electron chi connectivity index (χ2n) is 13.3. The van der Waals surface area contributed by atoms with Crippen LogP contribution >= 0.6 is 0 Å². The quantitative estimate of drug-likeness (QED) is 0.165. The number of furan rings is 1. The molecule has 0 aliphatic carbocycles. The van der Waals surface area contributed by atoms with Crippen LogP contribution in [0.4, 0.5) is 17.1 Å². The second kappa shape index (κ2) is 12.5. The monoisotopic (exact) mass is 663 g/mol. The van der Waals surface area contributed by atoms with Crippen molar-refractivity contribution in [3.8, 4) is 33.4 Å². The highest BCUT2D eigenvalue weighted by Gasteiger charge is 2.17. The Bertz CT molecular complexity index is 2890. The smallest absolute Gasteiger partial charge is 0.143 e. The van der Waals surface area contributed by atoms with Crippen molar-refractivity contribution in [1.29, 1.82) is 0 Å². The van der Waals surface area contributed by atoms with Crippen LogP contribution in [0.1, 0.15) is 0 Å². The number of rotatable bonds is 6. The molecule has 0 bridgehead atoms. The molecule has 0 saturated heterocycles. The van der Waals surface area contributed by atoms with Crippen molar-refractivity contribution >= 4 is 60.5 Å². The number of para-hydroxylation sites is 3. The summed E-state index contributed by atoms with van der Waals surface area (Å²) in [4.78, 5) is 2.33. The molecule has 244 valence electrons. The molecule has 0 radical (unpaired) electrons. The first-order chi connectivity index (χ1) is 25.8. The largest absolute Gasteiger partial charge is 0.455 e. The van der Waals surface area contributed by atoms with E-state index in [1.54, 1.807) is 0 Å². The number of hydrogen-bond acceptors (Lipinski definition) is 2. The third kappa shape index (κ3) is 5.12. The summed E-state index contributed by atoms with van der Waals surface area (Å²) in [7, 11) is 0. The van der Waals surface area contributed by atoms with Gasteiger partial charge in [0.05, 0.1) is 0 Å². The van der Waals surface area contributed by atoms with Crippen molar-refractivity contribution in [3.05, 3.63) is 200 Å². The van der Waals surface area contributed by atoms with Crippen molar-refractivity contribution in [1.82, 2.24) is 0 Å². The lowest BCUT2D eigenvalue weighted by Crippen LogP contribution is -2.09. The molecule has 1 heterocycles. The zero-order chi connectivity index (χ0) is 34.4. The molecule has 1 aromatic heterocycles. The maximum Gasteiger partial charge on any atom is 0.143 e. The first-order valence-electron chi connectivity index (χ1n) is 17.8. The molecule has 0 atom stereocenters. The molecule has 0 spiro atoms. The Morgan fingerprint density at radius 2 is 0.827 bits per heavy atom. The van der Waals surface area contributed by atoms with E-state index in [9.17, 15) is 0 Å². The van der Waals surface area contributed by atoms with E-state index in [2.05, 4.69) is 199 Å². The number of hydrogen-bond donors (Lipinski definition) is 0. The molecule has 10 aromatic rings. The normalized spacial score (nSPS) is 11.5. The second-order valence-corrected chi connectivity index (χ2v) is 13.3. The van der Waals surface area contributed by atoms with E-state index in [4.69, 9.17) is 4.42 Å². The molecule has 0 amide bonds. The van der Waals surface area contributed by atoms with Crippen LogP contribution in [0.15, 0.2) is 205 Å². The Morgan fingerprint density at radius 3 is 1.60 bits per heavy atom. The van der Waals surface area contributed by atoms with E-state index in [1.807, 2.05) is 6.07 Å². The molecule has 2 heteroatoms.